The van der Waals surface area contributed by atoms with Gasteiger partial charge in [0.15, 0.2) is 0 Å². The van der Waals surface area contributed by atoms with Crippen LogP contribution in [-0.4, -0.2) is 23.9 Å². The van der Waals surface area contributed by atoms with Gasteiger partial charge in [0.2, 0.25) is 5.91 Å². The fourth-order valence-electron chi connectivity index (χ4n) is 3.69. The van der Waals surface area contributed by atoms with Crippen LogP contribution in [0, 0.1) is 29.1 Å². The van der Waals surface area contributed by atoms with Crippen LogP contribution in [0.5, 0.6) is 0 Å². The van der Waals surface area contributed by atoms with Crippen LogP contribution >= 0.6 is 0 Å². The molecule has 0 aromatic heterocycles. The van der Waals surface area contributed by atoms with Crippen molar-refractivity contribution in [3.8, 4) is 0 Å². The quantitative estimate of drug-likeness (QED) is 0.740. The summed E-state index contributed by atoms with van der Waals surface area (Å²) >= 11 is 0. The molecule has 0 bridgehead atoms. The summed E-state index contributed by atoms with van der Waals surface area (Å²) in [6, 6.07) is 0. The number of hydrogen-bond donors (Lipinski definition) is 0. The summed E-state index contributed by atoms with van der Waals surface area (Å²) in [5, 5.41) is 0. The maximum atomic E-state index is 12.3. The van der Waals surface area contributed by atoms with Gasteiger partial charge in [0.1, 0.15) is 0 Å². The highest BCUT2D eigenvalue weighted by Crippen LogP contribution is 2.39. The lowest BCUT2D eigenvalue weighted by Gasteiger charge is -2.42. The zero-order valence-electron chi connectivity index (χ0n) is 13.4. The van der Waals surface area contributed by atoms with Crippen molar-refractivity contribution < 1.29 is 4.79 Å². The van der Waals surface area contributed by atoms with E-state index in [0.29, 0.717) is 17.2 Å². The zero-order valence-corrected chi connectivity index (χ0v) is 13.4. The van der Waals surface area contributed by atoms with Gasteiger partial charge in [-0.2, -0.15) is 0 Å². The number of amides is 1. The Morgan fingerprint density at radius 1 is 1.16 bits per heavy atom. The van der Waals surface area contributed by atoms with E-state index in [-0.39, 0.29) is 0 Å². The van der Waals surface area contributed by atoms with Crippen LogP contribution in [0.15, 0.2) is 0 Å². The first-order valence-corrected chi connectivity index (χ1v) is 8.08. The van der Waals surface area contributed by atoms with Gasteiger partial charge in [0.25, 0.3) is 0 Å². The van der Waals surface area contributed by atoms with Crippen LogP contribution in [0.3, 0.4) is 0 Å². The second kappa shape index (κ2) is 5.46. The van der Waals surface area contributed by atoms with E-state index >= 15 is 0 Å². The molecule has 0 radical (unpaired) electrons. The van der Waals surface area contributed by atoms with E-state index in [0.717, 1.165) is 43.7 Å². The number of carbonyl (C=O) groups excluding carboxylic acids is 1. The minimum atomic E-state index is 0.353. The van der Waals surface area contributed by atoms with Crippen molar-refractivity contribution in [2.45, 2.75) is 60.3 Å². The van der Waals surface area contributed by atoms with E-state index in [1.165, 1.54) is 12.8 Å². The molecular weight excluding hydrogens is 234 g/mol. The van der Waals surface area contributed by atoms with Gasteiger partial charge in [-0.3, -0.25) is 4.79 Å². The Hall–Kier alpha value is -0.530. The van der Waals surface area contributed by atoms with Gasteiger partial charge in [-0.05, 0) is 48.9 Å². The smallest absolute Gasteiger partial charge is 0.225 e. The van der Waals surface area contributed by atoms with Crippen molar-refractivity contribution in [1.29, 1.82) is 0 Å². The van der Waals surface area contributed by atoms with E-state index in [9.17, 15) is 4.79 Å². The summed E-state index contributed by atoms with van der Waals surface area (Å²) in [6.45, 7) is 13.6. The first-order valence-electron chi connectivity index (χ1n) is 8.08. The Morgan fingerprint density at radius 3 is 2.11 bits per heavy atom. The normalized spacial score (nSPS) is 30.9. The largest absolute Gasteiger partial charge is 0.342 e. The Bertz CT molecular complexity index is 317. The highest BCUT2D eigenvalue weighted by Gasteiger charge is 2.37. The summed E-state index contributed by atoms with van der Waals surface area (Å²) in [5.41, 5.74) is 0.389. The minimum absolute atomic E-state index is 0.353. The molecule has 110 valence electrons. The second-order valence-corrected chi connectivity index (χ2v) is 8.09. The molecule has 2 nitrogen and oxygen atoms in total. The number of piperidine rings is 1. The molecule has 1 aliphatic carbocycles. The van der Waals surface area contributed by atoms with Crippen molar-refractivity contribution in [2.75, 3.05) is 13.1 Å². The number of rotatable bonds is 2. The number of nitrogens with zero attached hydrogens (tertiary/aromatic N) is 1. The number of carbonyl (C=O) groups is 1. The van der Waals surface area contributed by atoms with Gasteiger partial charge in [-0.25, -0.2) is 0 Å². The SMILES string of the molecule is C[C@H](C1CCN(C(=O)[C@H]2C[C@@H](C)C2)CC1)C(C)(C)C. The van der Waals surface area contributed by atoms with Crippen LogP contribution in [0.4, 0.5) is 0 Å². The molecule has 1 amide bonds. The fourth-order valence-corrected chi connectivity index (χ4v) is 3.69. The molecule has 1 aliphatic heterocycles. The van der Waals surface area contributed by atoms with Crippen LogP contribution < -0.4 is 0 Å². The molecular formula is C17H31NO. The number of hydrogen-bond acceptors (Lipinski definition) is 1. The third-order valence-corrected chi connectivity index (χ3v) is 5.65. The second-order valence-electron chi connectivity index (χ2n) is 8.09. The molecule has 1 saturated heterocycles. The van der Waals surface area contributed by atoms with Gasteiger partial charge < -0.3 is 4.90 Å². The van der Waals surface area contributed by atoms with Crippen molar-refractivity contribution >= 4 is 5.91 Å². The average Bonchev–Trinajstić information content (AvgIpc) is 2.32. The molecule has 0 N–H and O–H groups in total. The van der Waals surface area contributed by atoms with Crippen LogP contribution in [0.1, 0.15) is 60.3 Å². The van der Waals surface area contributed by atoms with Gasteiger partial charge >= 0.3 is 0 Å². The standard InChI is InChI=1S/C17H31NO/c1-12-10-15(11-12)16(19)18-8-6-14(7-9-18)13(2)17(3,4)5/h12-15H,6-11H2,1-5H3/t12-,13-,15+/m1/s1. The first-order chi connectivity index (χ1) is 8.79. The molecule has 2 fully saturated rings. The Balaban J connectivity index is 1.81. The Morgan fingerprint density at radius 2 is 1.68 bits per heavy atom. The molecule has 2 rings (SSSR count). The lowest BCUT2D eigenvalue weighted by molar-refractivity contribution is -0.141. The van der Waals surface area contributed by atoms with Crippen molar-refractivity contribution in [2.24, 2.45) is 29.1 Å². The molecule has 0 spiro atoms. The third kappa shape index (κ3) is 3.32. The van der Waals surface area contributed by atoms with Gasteiger partial charge in [-0.15, -0.1) is 0 Å². The van der Waals surface area contributed by atoms with E-state index in [1.807, 2.05) is 0 Å². The monoisotopic (exact) mass is 265 g/mol. The predicted molar refractivity (Wildman–Crippen MR) is 79.8 cm³/mol. The summed E-state index contributed by atoms with van der Waals surface area (Å²) in [5.74, 6) is 3.11. The van der Waals surface area contributed by atoms with E-state index in [2.05, 4.69) is 39.5 Å². The molecule has 1 heterocycles. The van der Waals surface area contributed by atoms with Crippen LogP contribution in [0.2, 0.25) is 0 Å². The van der Waals surface area contributed by atoms with Crippen molar-refractivity contribution in [3.05, 3.63) is 0 Å². The maximum absolute atomic E-state index is 12.3. The van der Waals surface area contributed by atoms with Crippen LogP contribution in [0.25, 0.3) is 0 Å². The van der Waals surface area contributed by atoms with E-state index < -0.39 is 0 Å². The lowest BCUT2D eigenvalue weighted by Crippen LogP contribution is -2.46. The average molecular weight is 265 g/mol. The summed E-state index contributed by atoms with van der Waals surface area (Å²) < 4.78 is 0. The van der Waals surface area contributed by atoms with Crippen molar-refractivity contribution in [3.63, 3.8) is 0 Å². The molecule has 1 saturated carbocycles. The zero-order chi connectivity index (χ0) is 14.2. The van der Waals surface area contributed by atoms with Crippen molar-refractivity contribution in [1.82, 2.24) is 4.90 Å². The summed E-state index contributed by atoms with van der Waals surface area (Å²) in [7, 11) is 0. The molecule has 2 heteroatoms. The Kier molecular flexibility index (Phi) is 4.27. The first kappa shape index (κ1) is 14.9. The van der Waals surface area contributed by atoms with Crippen LogP contribution in [-0.2, 0) is 4.79 Å². The highest BCUT2D eigenvalue weighted by atomic mass is 16.2. The van der Waals surface area contributed by atoms with E-state index in [4.69, 9.17) is 0 Å². The molecule has 0 unspecified atom stereocenters. The lowest BCUT2D eigenvalue weighted by atomic mass is 9.70. The Labute approximate surface area is 118 Å². The van der Waals surface area contributed by atoms with Gasteiger partial charge in [0, 0.05) is 19.0 Å². The molecule has 19 heavy (non-hydrogen) atoms. The number of likely N-dealkylation sites (tertiary alicyclic amines) is 1. The molecule has 0 aromatic rings. The summed E-state index contributed by atoms with van der Waals surface area (Å²) in [4.78, 5) is 14.5. The van der Waals surface area contributed by atoms with E-state index in [1.54, 1.807) is 0 Å². The van der Waals surface area contributed by atoms with Gasteiger partial charge in [-0.1, -0.05) is 34.6 Å². The molecule has 0 aromatic carbocycles. The maximum Gasteiger partial charge on any atom is 0.225 e. The minimum Gasteiger partial charge on any atom is -0.342 e. The topological polar surface area (TPSA) is 20.3 Å². The van der Waals surface area contributed by atoms with Gasteiger partial charge in [0.05, 0.1) is 0 Å². The molecule has 2 aliphatic rings. The predicted octanol–water partition coefficient (Wildman–Crippen LogP) is 3.95. The summed E-state index contributed by atoms with van der Waals surface area (Å²) in [6.07, 6.45) is 4.65. The fraction of sp³-hybridized carbons (Fsp3) is 0.941. The highest BCUT2D eigenvalue weighted by molar-refractivity contribution is 5.79. The molecule has 1 atom stereocenters. The third-order valence-electron chi connectivity index (χ3n) is 5.65.